The molecule has 6 aliphatic rings. The van der Waals surface area contributed by atoms with Gasteiger partial charge in [-0.3, -0.25) is 4.79 Å². The number of hydrogen-bond acceptors (Lipinski definition) is 37. The summed E-state index contributed by atoms with van der Waals surface area (Å²) in [6.07, 6.45) is -51.7. The average Bonchev–Trinajstić information content (AvgIpc) is 0.800. The number of rotatable bonds is 31. The first kappa shape index (κ1) is 80.0. The summed E-state index contributed by atoms with van der Waals surface area (Å²) in [5.41, 5.74) is 0.892. The van der Waals surface area contributed by atoms with E-state index in [-0.39, 0.29) is 68.5 Å². The van der Waals surface area contributed by atoms with Gasteiger partial charge in [0.1, 0.15) is 146 Å². The van der Waals surface area contributed by atoms with E-state index >= 15 is 0 Å². The van der Waals surface area contributed by atoms with Crippen LogP contribution < -0.4 is 26.6 Å². The minimum atomic E-state index is -1.95. The van der Waals surface area contributed by atoms with E-state index in [1.165, 1.54) is 19.2 Å². The second-order valence-electron chi connectivity index (χ2n) is 22.8. The van der Waals surface area contributed by atoms with Crippen LogP contribution in [0.15, 0.2) is 18.2 Å². The van der Waals surface area contributed by atoms with Crippen LogP contribution in [-0.2, 0) is 66.3 Å². The van der Waals surface area contributed by atoms with E-state index in [0.717, 1.165) is 0 Å². The quantitative estimate of drug-likeness (QED) is 0.0242. The number of ether oxygens (including phenoxy) is 14. The third-order valence-corrected chi connectivity index (χ3v) is 16.6. The molecule has 552 valence electrons. The zero-order valence-electron chi connectivity index (χ0n) is 51.3. The number of carbonyl (C=O) groups is 1. The van der Waals surface area contributed by atoms with Gasteiger partial charge in [-0.1, -0.05) is 0 Å². The van der Waals surface area contributed by atoms with Crippen molar-refractivity contribution < 1.29 is 173 Å². The van der Waals surface area contributed by atoms with Crippen LogP contribution in [-0.4, -0.2) is 402 Å². The molecule has 6 heterocycles. The number of amides is 1. The third-order valence-electron chi connectivity index (χ3n) is 16.1. The lowest BCUT2D eigenvalue weighted by atomic mass is 9.96. The normalized spacial score (nSPS) is 40.5. The van der Waals surface area contributed by atoms with Gasteiger partial charge in [0.2, 0.25) is 0 Å². The predicted octanol–water partition coefficient (Wildman–Crippen LogP) is -13.4. The highest BCUT2D eigenvalue weighted by Gasteiger charge is 2.55. The molecule has 6 aliphatic heterocycles. The zero-order valence-corrected chi connectivity index (χ0v) is 53.0. The van der Waals surface area contributed by atoms with Crippen molar-refractivity contribution in [3.63, 3.8) is 0 Å². The molecular weight excluding hydrogens is 1340 g/mol. The molecule has 0 aromatic heterocycles. The van der Waals surface area contributed by atoms with Gasteiger partial charge in [-0.15, -0.1) is 0 Å². The molecule has 1 aromatic rings. The van der Waals surface area contributed by atoms with Crippen molar-refractivity contribution in [3.05, 3.63) is 23.8 Å². The van der Waals surface area contributed by atoms with Crippen LogP contribution in [0.3, 0.4) is 0 Å². The summed E-state index contributed by atoms with van der Waals surface area (Å²) in [6, 6.07) is 4.61. The number of thiocarbonyl (C=S) groups is 2. The summed E-state index contributed by atoms with van der Waals surface area (Å²) in [6.45, 7) is -5.07. The van der Waals surface area contributed by atoms with E-state index in [0.29, 0.717) is 11.4 Å². The monoisotopic (exact) mass is 1430 g/mol. The average molecular weight is 1430 g/mol. The molecule has 0 saturated carbocycles. The molecule has 42 heteroatoms. The Bertz CT molecular complexity index is 2380. The molecule has 1 amide bonds. The second kappa shape index (κ2) is 38.1. The van der Waals surface area contributed by atoms with Crippen molar-refractivity contribution >= 4 is 51.9 Å². The van der Waals surface area contributed by atoms with Crippen LogP contribution >= 0.6 is 24.4 Å². The lowest BCUT2D eigenvalue weighted by Gasteiger charge is -2.46. The fraction of sp³-hybridized carbons (Fsp3) is 0.833. The van der Waals surface area contributed by atoms with Gasteiger partial charge in [0, 0.05) is 37.1 Å². The van der Waals surface area contributed by atoms with Crippen molar-refractivity contribution in [1.29, 1.82) is 0 Å². The number of benzene rings is 1. The predicted molar refractivity (Wildman–Crippen MR) is 320 cm³/mol. The highest BCUT2D eigenvalue weighted by atomic mass is 32.1. The van der Waals surface area contributed by atoms with Crippen molar-refractivity contribution in [1.82, 2.24) is 16.0 Å². The lowest BCUT2D eigenvalue weighted by molar-refractivity contribution is -0.366. The molecule has 30 atom stereocenters. The summed E-state index contributed by atoms with van der Waals surface area (Å²) in [5, 5.41) is 223. The van der Waals surface area contributed by atoms with Crippen molar-refractivity contribution in [3.8, 4) is 0 Å². The maximum absolute atomic E-state index is 12.8. The highest BCUT2D eigenvalue weighted by molar-refractivity contribution is 7.80. The van der Waals surface area contributed by atoms with Gasteiger partial charge < -0.3 is 195 Å². The Morgan fingerprint density at radius 2 is 0.698 bits per heavy atom. The molecule has 0 radical (unpaired) electrons. The smallest absolute Gasteiger partial charge is 0.251 e. The van der Waals surface area contributed by atoms with E-state index in [4.69, 9.17) is 90.8 Å². The second-order valence-corrected chi connectivity index (χ2v) is 23.6. The molecular formula is C54H89N5O35S2. The Morgan fingerprint density at radius 1 is 0.385 bits per heavy atom. The summed E-state index contributed by atoms with van der Waals surface area (Å²) in [4.78, 5) is 12.8. The standard InChI is InChI=1S/C54H89N5O35S2/c1-55-46(80)19-10-20(58-53(95)56-2-4-81-6-8-83-49-42(78)44(93-51-40(76)36(72)30(66)24(15-62)89-51)32(68)26(91-49)17-85-47-38(74)34(70)28(64)22(13-60)87-47)12-21(11-19)59-54(96)57-3-5-82-7-9-84-50-43(79)45(94-52-41(77)37(73)31(67)25(16-63)90-52)33(69)27(92-50)18-86-48-39(75)35(71)29(65)23(14-61)88-48/h10-12,22-45,47-52,60-79H,2-9,13-18H2,1H3,(H,55,80)(H2,56,58,95)(H2,57,59,96). The maximum Gasteiger partial charge on any atom is 0.251 e. The first-order valence-electron chi connectivity index (χ1n) is 30.4. The summed E-state index contributed by atoms with van der Waals surface area (Å²) in [7, 11) is 1.43. The Hall–Kier alpha value is -3.29. The molecule has 40 nitrogen and oxygen atoms in total. The van der Waals surface area contributed by atoms with E-state index in [1.54, 1.807) is 6.07 Å². The molecule has 0 bridgehead atoms. The molecule has 0 spiro atoms. The van der Waals surface area contributed by atoms with E-state index in [9.17, 15) is 107 Å². The number of aliphatic hydroxyl groups is 20. The fourth-order valence-corrected chi connectivity index (χ4v) is 11.1. The molecule has 25 N–H and O–H groups in total. The number of hydrogen-bond donors (Lipinski definition) is 25. The molecule has 6 fully saturated rings. The van der Waals surface area contributed by atoms with Gasteiger partial charge in [0.05, 0.1) is 79.3 Å². The minimum absolute atomic E-state index is 0.0178. The SMILES string of the molecule is CNC(=O)c1cc(NC(=S)NCCOCCOC2OC(COC3OC(CO)C(O)C(O)C3O)C(O)C(OC3OC(CO)C(O)C(O)C3O)C2O)cc(NC(=S)NCCOCCOC2OC(COC3OC(CO)C(O)C(O)C3O)C(O)C(OC3OC(CO)C(O)C(O)C3O)C2O)c1. The molecule has 1 aromatic carbocycles. The lowest BCUT2D eigenvalue weighted by Crippen LogP contribution is -2.65. The van der Waals surface area contributed by atoms with Crippen molar-refractivity contribution in [2.45, 2.75) is 184 Å². The van der Waals surface area contributed by atoms with Crippen LogP contribution in [0.5, 0.6) is 0 Å². The van der Waals surface area contributed by atoms with Gasteiger partial charge in [-0.2, -0.15) is 0 Å². The first-order valence-corrected chi connectivity index (χ1v) is 31.2. The van der Waals surface area contributed by atoms with E-state index in [2.05, 4.69) is 26.6 Å². The van der Waals surface area contributed by atoms with Gasteiger partial charge in [0.15, 0.2) is 48.0 Å². The highest BCUT2D eigenvalue weighted by Crippen LogP contribution is 2.34. The van der Waals surface area contributed by atoms with Gasteiger partial charge in [0.25, 0.3) is 5.91 Å². The molecule has 7 rings (SSSR count). The maximum atomic E-state index is 12.8. The number of nitrogens with one attached hydrogen (secondary N) is 5. The van der Waals surface area contributed by atoms with E-state index in [1.807, 2.05) is 0 Å². The van der Waals surface area contributed by atoms with Crippen LogP contribution in [0.4, 0.5) is 11.4 Å². The fourth-order valence-electron chi connectivity index (χ4n) is 10.7. The topological polar surface area (TPSA) is 611 Å². The molecule has 30 unspecified atom stereocenters. The van der Waals surface area contributed by atoms with Crippen molar-refractivity contribution in [2.24, 2.45) is 0 Å². The molecule has 6 saturated heterocycles. The van der Waals surface area contributed by atoms with Crippen LogP contribution in [0.1, 0.15) is 10.4 Å². The first-order chi connectivity index (χ1) is 45.8. The Kier molecular flexibility index (Phi) is 31.8. The van der Waals surface area contributed by atoms with Crippen molar-refractivity contribution in [2.75, 3.05) is 110 Å². The number of carbonyl (C=O) groups excluding carboxylic acids is 1. The third kappa shape index (κ3) is 20.5. The zero-order chi connectivity index (χ0) is 70.2. The number of aliphatic hydroxyl groups excluding tert-OH is 20. The van der Waals surface area contributed by atoms with Crippen LogP contribution in [0.2, 0.25) is 0 Å². The molecule has 0 aliphatic carbocycles. The summed E-state index contributed by atoms with van der Waals surface area (Å²) in [5.74, 6) is -0.460. The summed E-state index contributed by atoms with van der Waals surface area (Å²) < 4.78 is 78.5. The Balaban J connectivity index is 0.848. The van der Waals surface area contributed by atoms with E-state index < -0.39 is 230 Å². The van der Waals surface area contributed by atoms with Gasteiger partial charge in [-0.25, -0.2) is 0 Å². The van der Waals surface area contributed by atoms with Crippen LogP contribution in [0, 0.1) is 0 Å². The summed E-state index contributed by atoms with van der Waals surface area (Å²) >= 11 is 11.0. The van der Waals surface area contributed by atoms with Gasteiger partial charge in [-0.05, 0) is 42.6 Å². The largest absolute Gasteiger partial charge is 0.394 e. The Morgan fingerprint density at radius 3 is 1.03 bits per heavy atom. The Labute approximate surface area is 557 Å². The molecule has 96 heavy (non-hydrogen) atoms. The number of anilines is 2. The van der Waals surface area contributed by atoms with Crippen LogP contribution in [0.25, 0.3) is 0 Å². The van der Waals surface area contributed by atoms with Gasteiger partial charge >= 0.3 is 0 Å². The minimum Gasteiger partial charge on any atom is -0.394 e.